The molecule has 0 aliphatic rings. The minimum atomic E-state index is -0.385. The lowest BCUT2D eigenvalue weighted by atomic mass is 10.2. The quantitative estimate of drug-likeness (QED) is 0.534. The molecule has 2 aromatic heterocycles. The van der Waals surface area contributed by atoms with Gasteiger partial charge in [0.05, 0.1) is 19.7 Å². The third kappa shape index (κ3) is 2.84. The van der Waals surface area contributed by atoms with E-state index in [0.717, 1.165) is 5.52 Å². The number of oxazole rings is 1. The number of methoxy groups -OCH3 is 2. The average Bonchev–Trinajstić information content (AvgIpc) is 3.30. The maximum atomic E-state index is 11.8. The molecule has 8 heteroatoms. The monoisotopic (exact) mass is 367 g/mol. The summed E-state index contributed by atoms with van der Waals surface area (Å²) in [4.78, 5) is 16.3. The number of rotatable bonds is 5. The number of nitrogens with zero attached hydrogens (tertiary/aromatic N) is 3. The Kier molecular flexibility index (Phi) is 4.15. The van der Waals surface area contributed by atoms with Crippen molar-refractivity contribution in [2.24, 2.45) is 0 Å². The Bertz CT molecular complexity index is 1170. The smallest absolute Gasteiger partial charge is 0.419 e. The maximum Gasteiger partial charge on any atom is 0.419 e. The molecule has 0 amide bonds. The molecule has 0 saturated heterocycles. The maximum absolute atomic E-state index is 11.8. The van der Waals surface area contributed by atoms with Gasteiger partial charge in [0.1, 0.15) is 0 Å². The molecular formula is C19H17N3O5. The van der Waals surface area contributed by atoms with E-state index < -0.39 is 0 Å². The average molecular weight is 367 g/mol. The van der Waals surface area contributed by atoms with Crippen molar-refractivity contribution in [2.75, 3.05) is 14.2 Å². The Morgan fingerprint density at radius 2 is 1.81 bits per heavy atom. The van der Waals surface area contributed by atoms with Crippen molar-refractivity contribution in [3.63, 3.8) is 0 Å². The van der Waals surface area contributed by atoms with Crippen LogP contribution in [0.25, 0.3) is 33.9 Å². The normalized spacial score (nSPS) is 11.1. The zero-order valence-electron chi connectivity index (χ0n) is 15.1. The fourth-order valence-corrected chi connectivity index (χ4v) is 2.93. The van der Waals surface area contributed by atoms with Crippen LogP contribution in [0.2, 0.25) is 0 Å². The third-order valence-electron chi connectivity index (χ3n) is 4.30. The molecule has 0 saturated carbocycles. The van der Waals surface area contributed by atoms with Gasteiger partial charge >= 0.3 is 5.76 Å². The standard InChI is InChI=1S/C19H17N3O5/c1-4-22-13-7-5-11(9-15(13)26-19(22)23)17-20-18(27-21-17)12-6-8-14(24-2)16(10-12)25-3/h5-10H,4H2,1-3H3. The molecule has 0 fully saturated rings. The van der Waals surface area contributed by atoms with Gasteiger partial charge in [0.15, 0.2) is 17.1 Å². The van der Waals surface area contributed by atoms with Crippen molar-refractivity contribution < 1.29 is 18.4 Å². The van der Waals surface area contributed by atoms with Crippen molar-refractivity contribution in [1.29, 1.82) is 0 Å². The second-order valence-electron chi connectivity index (χ2n) is 5.79. The molecular weight excluding hydrogens is 350 g/mol. The fourth-order valence-electron chi connectivity index (χ4n) is 2.93. The predicted octanol–water partition coefficient (Wildman–Crippen LogP) is 3.35. The molecule has 4 aromatic rings. The lowest BCUT2D eigenvalue weighted by Crippen LogP contribution is -2.11. The van der Waals surface area contributed by atoms with Crippen LogP contribution in [0, 0.1) is 0 Å². The molecule has 0 aliphatic heterocycles. The lowest BCUT2D eigenvalue weighted by molar-refractivity contribution is 0.355. The summed E-state index contributed by atoms with van der Waals surface area (Å²) >= 11 is 0. The molecule has 0 unspecified atom stereocenters. The Labute approximate surface area is 153 Å². The van der Waals surface area contributed by atoms with E-state index in [4.69, 9.17) is 18.4 Å². The first-order valence-electron chi connectivity index (χ1n) is 8.34. The number of aromatic nitrogens is 3. The van der Waals surface area contributed by atoms with E-state index in [1.54, 1.807) is 37.0 Å². The van der Waals surface area contributed by atoms with Crippen LogP contribution in [0.3, 0.4) is 0 Å². The van der Waals surface area contributed by atoms with Crippen LogP contribution in [0.5, 0.6) is 11.5 Å². The first-order chi connectivity index (χ1) is 13.1. The van der Waals surface area contributed by atoms with Gasteiger partial charge < -0.3 is 18.4 Å². The van der Waals surface area contributed by atoms with E-state index in [2.05, 4.69) is 10.1 Å². The molecule has 2 aromatic carbocycles. The summed E-state index contributed by atoms with van der Waals surface area (Å²) in [6.45, 7) is 2.43. The van der Waals surface area contributed by atoms with E-state index >= 15 is 0 Å². The van der Waals surface area contributed by atoms with Gasteiger partial charge in [-0.25, -0.2) is 4.79 Å². The Hall–Kier alpha value is -3.55. The highest BCUT2D eigenvalue weighted by Crippen LogP contribution is 2.32. The van der Waals surface area contributed by atoms with E-state index in [0.29, 0.717) is 46.5 Å². The van der Waals surface area contributed by atoms with Crippen molar-refractivity contribution in [1.82, 2.24) is 14.7 Å². The zero-order valence-corrected chi connectivity index (χ0v) is 15.1. The van der Waals surface area contributed by atoms with Gasteiger partial charge in [0.25, 0.3) is 5.89 Å². The van der Waals surface area contributed by atoms with Gasteiger partial charge in [0, 0.05) is 17.7 Å². The fraction of sp³-hybridized carbons (Fsp3) is 0.211. The Morgan fingerprint density at radius 3 is 2.56 bits per heavy atom. The van der Waals surface area contributed by atoms with Gasteiger partial charge in [-0.15, -0.1) is 0 Å². The van der Waals surface area contributed by atoms with Crippen LogP contribution in [0.15, 0.2) is 50.1 Å². The molecule has 0 atom stereocenters. The van der Waals surface area contributed by atoms with Crippen molar-refractivity contribution in [2.45, 2.75) is 13.5 Å². The number of fused-ring (bicyclic) bond motifs is 1. The summed E-state index contributed by atoms with van der Waals surface area (Å²) in [5.41, 5.74) is 2.61. The van der Waals surface area contributed by atoms with Crippen LogP contribution in [0.1, 0.15) is 6.92 Å². The summed E-state index contributed by atoms with van der Waals surface area (Å²) in [6, 6.07) is 10.7. The first kappa shape index (κ1) is 16.9. The van der Waals surface area contributed by atoms with E-state index in [9.17, 15) is 4.79 Å². The topological polar surface area (TPSA) is 92.5 Å². The summed E-state index contributed by atoms with van der Waals surface area (Å²) in [7, 11) is 3.13. The highest BCUT2D eigenvalue weighted by molar-refractivity contribution is 5.79. The summed E-state index contributed by atoms with van der Waals surface area (Å²) in [5, 5.41) is 4.03. The van der Waals surface area contributed by atoms with E-state index in [-0.39, 0.29) is 5.76 Å². The molecule has 0 radical (unpaired) electrons. The van der Waals surface area contributed by atoms with Gasteiger partial charge in [0.2, 0.25) is 5.82 Å². The number of aryl methyl sites for hydroxylation is 1. The van der Waals surface area contributed by atoms with E-state index in [1.165, 1.54) is 0 Å². The summed E-state index contributed by atoms with van der Waals surface area (Å²) < 4.78 is 22.8. The molecule has 4 rings (SSSR count). The largest absolute Gasteiger partial charge is 0.493 e. The summed E-state index contributed by atoms with van der Waals surface area (Å²) in [6.07, 6.45) is 0. The molecule has 8 nitrogen and oxygen atoms in total. The molecule has 2 heterocycles. The van der Waals surface area contributed by atoms with Crippen molar-refractivity contribution >= 4 is 11.1 Å². The van der Waals surface area contributed by atoms with Crippen LogP contribution in [0.4, 0.5) is 0 Å². The second kappa shape index (κ2) is 6.64. The molecule has 0 bridgehead atoms. The molecule has 27 heavy (non-hydrogen) atoms. The minimum Gasteiger partial charge on any atom is -0.493 e. The van der Waals surface area contributed by atoms with E-state index in [1.807, 2.05) is 25.1 Å². The first-order valence-corrected chi connectivity index (χ1v) is 8.34. The highest BCUT2D eigenvalue weighted by Gasteiger charge is 2.15. The zero-order chi connectivity index (χ0) is 19.0. The molecule has 0 aliphatic carbocycles. The SMILES string of the molecule is CCn1c(=O)oc2cc(-c3noc(-c4ccc(OC)c(OC)c4)n3)ccc21. The van der Waals surface area contributed by atoms with Gasteiger partial charge in [-0.3, -0.25) is 4.57 Å². The van der Waals surface area contributed by atoms with Crippen LogP contribution >= 0.6 is 0 Å². The Balaban J connectivity index is 1.72. The van der Waals surface area contributed by atoms with Crippen LogP contribution < -0.4 is 15.2 Å². The molecule has 0 N–H and O–H groups in total. The number of benzene rings is 2. The van der Waals surface area contributed by atoms with Crippen LogP contribution in [-0.4, -0.2) is 28.9 Å². The highest BCUT2D eigenvalue weighted by atomic mass is 16.5. The lowest BCUT2D eigenvalue weighted by Gasteiger charge is -2.07. The number of ether oxygens (including phenoxy) is 2. The predicted molar refractivity (Wildman–Crippen MR) is 98.0 cm³/mol. The summed E-state index contributed by atoms with van der Waals surface area (Å²) in [5.74, 6) is 1.54. The van der Waals surface area contributed by atoms with Gasteiger partial charge in [-0.1, -0.05) is 5.16 Å². The third-order valence-corrected chi connectivity index (χ3v) is 4.30. The van der Waals surface area contributed by atoms with Crippen LogP contribution in [-0.2, 0) is 6.54 Å². The molecule has 138 valence electrons. The Morgan fingerprint density at radius 1 is 1.04 bits per heavy atom. The second-order valence-corrected chi connectivity index (χ2v) is 5.79. The molecule has 0 spiro atoms. The van der Waals surface area contributed by atoms with Crippen molar-refractivity contribution in [3.8, 4) is 34.3 Å². The van der Waals surface area contributed by atoms with Gasteiger partial charge in [-0.05, 0) is 43.3 Å². The number of hydrogen-bond acceptors (Lipinski definition) is 7. The van der Waals surface area contributed by atoms with Gasteiger partial charge in [-0.2, -0.15) is 4.98 Å². The van der Waals surface area contributed by atoms with Crippen molar-refractivity contribution in [3.05, 3.63) is 46.9 Å². The minimum absolute atomic E-state index is 0.346. The number of hydrogen-bond donors (Lipinski definition) is 0.